The van der Waals surface area contributed by atoms with Crippen molar-refractivity contribution in [2.75, 3.05) is 0 Å². The standard InChI is InChI=1S/C16H16BrFO/c1-11-4-2-3-5-12(11)8-15(19)9-13-6-7-14(18)10-16(13)17/h2-7,10,15,19H,8-9H2,1H3. The van der Waals surface area contributed by atoms with Gasteiger partial charge in [-0.05, 0) is 48.6 Å². The Bertz CT molecular complexity index is 568. The molecule has 0 saturated heterocycles. The van der Waals surface area contributed by atoms with Crippen LogP contribution in [0.2, 0.25) is 0 Å². The van der Waals surface area contributed by atoms with Crippen molar-refractivity contribution in [3.63, 3.8) is 0 Å². The summed E-state index contributed by atoms with van der Waals surface area (Å²) in [5.41, 5.74) is 3.25. The number of halogens is 2. The van der Waals surface area contributed by atoms with E-state index in [2.05, 4.69) is 15.9 Å². The monoisotopic (exact) mass is 322 g/mol. The molecule has 0 spiro atoms. The van der Waals surface area contributed by atoms with Crippen molar-refractivity contribution in [1.82, 2.24) is 0 Å². The Hall–Kier alpha value is -1.19. The van der Waals surface area contributed by atoms with E-state index in [1.54, 1.807) is 6.07 Å². The number of benzene rings is 2. The van der Waals surface area contributed by atoms with Crippen molar-refractivity contribution >= 4 is 15.9 Å². The van der Waals surface area contributed by atoms with Crippen LogP contribution in [0.3, 0.4) is 0 Å². The number of rotatable bonds is 4. The number of hydrogen-bond donors (Lipinski definition) is 1. The largest absolute Gasteiger partial charge is 0.392 e. The van der Waals surface area contributed by atoms with Crippen LogP contribution in [0, 0.1) is 12.7 Å². The molecule has 0 radical (unpaired) electrons. The highest BCUT2D eigenvalue weighted by Gasteiger charge is 2.11. The van der Waals surface area contributed by atoms with Crippen LogP contribution >= 0.6 is 15.9 Å². The van der Waals surface area contributed by atoms with Crippen LogP contribution in [0.25, 0.3) is 0 Å². The summed E-state index contributed by atoms with van der Waals surface area (Å²) < 4.78 is 13.7. The molecule has 19 heavy (non-hydrogen) atoms. The van der Waals surface area contributed by atoms with Gasteiger partial charge in [-0.25, -0.2) is 4.39 Å². The summed E-state index contributed by atoms with van der Waals surface area (Å²) in [6.07, 6.45) is 0.647. The molecule has 1 nitrogen and oxygen atoms in total. The van der Waals surface area contributed by atoms with Crippen LogP contribution in [0.5, 0.6) is 0 Å². The minimum Gasteiger partial charge on any atom is -0.392 e. The lowest BCUT2D eigenvalue weighted by Crippen LogP contribution is -2.15. The average molecular weight is 323 g/mol. The Morgan fingerprint density at radius 2 is 1.79 bits per heavy atom. The van der Waals surface area contributed by atoms with E-state index in [9.17, 15) is 9.50 Å². The first-order valence-corrected chi connectivity index (χ1v) is 7.02. The average Bonchev–Trinajstić information content (AvgIpc) is 2.36. The fourth-order valence-corrected chi connectivity index (χ4v) is 2.62. The summed E-state index contributed by atoms with van der Waals surface area (Å²) in [7, 11) is 0. The summed E-state index contributed by atoms with van der Waals surface area (Å²) in [5.74, 6) is -0.274. The Balaban J connectivity index is 2.05. The molecule has 1 atom stereocenters. The molecule has 0 aliphatic carbocycles. The first kappa shape index (κ1) is 14.2. The molecular formula is C16H16BrFO. The van der Waals surface area contributed by atoms with Crippen molar-refractivity contribution in [2.45, 2.75) is 25.9 Å². The minimum absolute atomic E-state index is 0.274. The third kappa shape index (κ3) is 3.88. The molecule has 0 amide bonds. The van der Waals surface area contributed by atoms with Crippen LogP contribution < -0.4 is 0 Å². The highest BCUT2D eigenvalue weighted by molar-refractivity contribution is 9.10. The van der Waals surface area contributed by atoms with Gasteiger partial charge in [0.15, 0.2) is 0 Å². The topological polar surface area (TPSA) is 20.2 Å². The summed E-state index contributed by atoms with van der Waals surface area (Å²) in [4.78, 5) is 0. The summed E-state index contributed by atoms with van der Waals surface area (Å²) in [5, 5.41) is 10.2. The van der Waals surface area contributed by atoms with Gasteiger partial charge in [0.05, 0.1) is 6.10 Å². The molecule has 2 rings (SSSR count). The number of aryl methyl sites for hydroxylation is 1. The van der Waals surface area contributed by atoms with Gasteiger partial charge in [-0.15, -0.1) is 0 Å². The Kier molecular flexibility index (Phi) is 4.72. The number of aliphatic hydroxyl groups excluding tert-OH is 1. The molecule has 3 heteroatoms. The first-order valence-electron chi connectivity index (χ1n) is 6.23. The lowest BCUT2D eigenvalue weighted by Gasteiger charge is -2.13. The molecule has 0 aliphatic heterocycles. The normalized spacial score (nSPS) is 12.4. The second-order valence-corrected chi connectivity index (χ2v) is 5.58. The zero-order valence-electron chi connectivity index (χ0n) is 10.7. The smallest absolute Gasteiger partial charge is 0.124 e. The molecule has 1 N–H and O–H groups in total. The number of aliphatic hydroxyl groups is 1. The SMILES string of the molecule is Cc1ccccc1CC(O)Cc1ccc(F)cc1Br. The van der Waals surface area contributed by atoms with E-state index in [0.717, 1.165) is 11.1 Å². The Morgan fingerprint density at radius 3 is 2.47 bits per heavy atom. The molecule has 0 saturated carbocycles. The molecule has 0 bridgehead atoms. The van der Waals surface area contributed by atoms with E-state index in [4.69, 9.17) is 0 Å². The van der Waals surface area contributed by atoms with Crippen molar-refractivity contribution < 1.29 is 9.50 Å². The van der Waals surface area contributed by atoms with Crippen molar-refractivity contribution in [3.05, 3.63) is 69.4 Å². The van der Waals surface area contributed by atoms with Crippen molar-refractivity contribution in [3.8, 4) is 0 Å². The molecule has 2 aromatic rings. The Labute approximate surface area is 121 Å². The molecule has 100 valence electrons. The van der Waals surface area contributed by atoms with Gasteiger partial charge < -0.3 is 5.11 Å². The van der Waals surface area contributed by atoms with E-state index >= 15 is 0 Å². The van der Waals surface area contributed by atoms with Crippen LogP contribution in [0.15, 0.2) is 46.9 Å². The van der Waals surface area contributed by atoms with E-state index in [-0.39, 0.29) is 5.82 Å². The maximum Gasteiger partial charge on any atom is 0.124 e. The highest BCUT2D eigenvalue weighted by Crippen LogP contribution is 2.21. The summed E-state index contributed by atoms with van der Waals surface area (Å²) in [6, 6.07) is 12.6. The summed E-state index contributed by atoms with van der Waals surface area (Å²) in [6.45, 7) is 2.04. The molecule has 1 unspecified atom stereocenters. The van der Waals surface area contributed by atoms with Crippen LogP contribution in [-0.2, 0) is 12.8 Å². The lowest BCUT2D eigenvalue weighted by molar-refractivity contribution is 0.175. The van der Waals surface area contributed by atoms with E-state index < -0.39 is 6.10 Å². The van der Waals surface area contributed by atoms with E-state index in [1.807, 2.05) is 31.2 Å². The lowest BCUT2D eigenvalue weighted by atomic mass is 9.98. The van der Waals surface area contributed by atoms with Crippen molar-refractivity contribution in [2.24, 2.45) is 0 Å². The van der Waals surface area contributed by atoms with Gasteiger partial charge in [-0.1, -0.05) is 46.3 Å². The molecule has 2 aromatic carbocycles. The third-order valence-corrected chi connectivity index (χ3v) is 3.93. The maximum absolute atomic E-state index is 13.0. The van der Waals surface area contributed by atoms with Gasteiger partial charge in [0.25, 0.3) is 0 Å². The highest BCUT2D eigenvalue weighted by atomic mass is 79.9. The van der Waals surface area contributed by atoms with Gasteiger partial charge in [-0.2, -0.15) is 0 Å². The third-order valence-electron chi connectivity index (χ3n) is 3.19. The zero-order valence-corrected chi connectivity index (χ0v) is 12.3. The van der Waals surface area contributed by atoms with E-state index in [1.165, 1.54) is 17.7 Å². The number of hydrogen-bond acceptors (Lipinski definition) is 1. The Morgan fingerprint density at radius 1 is 1.11 bits per heavy atom. The van der Waals surface area contributed by atoms with Crippen LogP contribution in [0.4, 0.5) is 4.39 Å². The van der Waals surface area contributed by atoms with Gasteiger partial charge >= 0.3 is 0 Å². The van der Waals surface area contributed by atoms with Crippen LogP contribution in [-0.4, -0.2) is 11.2 Å². The molecule has 0 aliphatic rings. The van der Waals surface area contributed by atoms with Crippen LogP contribution in [0.1, 0.15) is 16.7 Å². The fourth-order valence-electron chi connectivity index (χ4n) is 2.11. The van der Waals surface area contributed by atoms with Gasteiger partial charge in [0.1, 0.15) is 5.82 Å². The quantitative estimate of drug-likeness (QED) is 0.900. The maximum atomic E-state index is 13.0. The zero-order chi connectivity index (χ0) is 13.8. The minimum atomic E-state index is -0.470. The molecular weight excluding hydrogens is 307 g/mol. The summed E-state index contributed by atoms with van der Waals surface area (Å²) >= 11 is 3.32. The second-order valence-electron chi connectivity index (χ2n) is 4.72. The van der Waals surface area contributed by atoms with Crippen molar-refractivity contribution in [1.29, 1.82) is 0 Å². The van der Waals surface area contributed by atoms with Gasteiger partial charge in [0, 0.05) is 4.47 Å². The molecule has 0 fully saturated rings. The predicted octanol–water partition coefficient (Wildman–Crippen LogP) is 4.04. The first-order chi connectivity index (χ1) is 9.06. The van der Waals surface area contributed by atoms with E-state index in [0.29, 0.717) is 17.3 Å². The fraction of sp³-hybridized carbons (Fsp3) is 0.250. The molecule has 0 heterocycles. The predicted molar refractivity (Wildman–Crippen MR) is 78.7 cm³/mol. The second kappa shape index (κ2) is 6.31. The van der Waals surface area contributed by atoms with Gasteiger partial charge in [0.2, 0.25) is 0 Å². The van der Waals surface area contributed by atoms with Gasteiger partial charge in [-0.3, -0.25) is 0 Å². The molecule has 0 aromatic heterocycles.